The molecule has 4 nitrogen and oxygen atoms in total. The lowest BCUT2D eigenvalue weighted by molar-refractivity contribution is -0.116. The fourth-order valence-electron chi connectivity index (χ4n) is 1.92. The lowest BCUT2D eigenvalue weighted by Crippen LogP contribution is -2.32. The van der Waals surface area contributed by atoms with Crippen LogP contribution in [0.2, 0.25) is 0 Å². The van der Waals surface area contributed by atoms with Gasteiger partial charge in [-0.05, 0) is 36.8 Å². The van der Waals surface area contributed by atoms with E-state index in [1.54, 1.807) is 31.2 Å². The van der Waals surface area contributed by atoms with Crippen molar-refractivity contribution in [3.63, 3.8) is 0 Å². The largest absolute Gasteiger partial charge is 0.392 e. The number of carbonyl (C=O) groups excluding carboxylic acids is 1. The molecule has 1 amide bonds. The Bertz CT molecular complexity index is 657. The summed E-state index contributed by atoms with van der Waals surface area (Å²) in [6.45, 7) is 1.45. The zero-order chi connectivity index (χ0) is 16.1. The SMILES string of the molecule is CC(Nc1cccc(CO)c1)C(=O)Nc1c(F)cccc1F. The van der Waals surface area contributed by atoms with Crippen LogP contribution in [0.1, 0.15) is 12.5 Å². The monoisotopic (exact) mass is 306 g/mol. The van der Waals surface area contributed by atoms with E-state index in [0.717, 1.165) is 12.1 Å². The van der Waals surface area contributed by atoms with Crippen molar-refractivity contribution in [1.29, 1.82) is 0 Å². The van der Waals surface area contributed by atoms with E-state index in [4.69, 9.17) is 5.11 Å². The number of hydrogen-bond donors (Lipinski definition) is 3. The maximum atomic E-state index is 13.5. The highest BCUT2D eigenvalue weighted by molar-refractivity contribution is 5.96. The molecule has 0 heterocycles. The van der Waals surface area contributed by atoms with Crippen LogP contribution in [-0.2, 0) is 11.4 Å². The molecule has 0 bridgehead atoms. The summed E-state index contributed by atoms with van der Waals surface area (Å²) in [6.07, 6.45) is 0. The first kappa shape index (κ1) is 15.9. The van der Waals surface area contributed by atoms with E-state index >= 15 is 0 Å². The molecule has 0 aliphatic carbocycles. The predicted molar refractivity (Wildman–Crippen MR) is 80.4 cm³/mol. The first-order valence-corrected chi connectivity index (χ1v) is 6.72. The van der Waals surface area contributed by atoms with Gasteiger partial charge in [-0.25, -0.2) is 8.78 Å². The first-order chi connectivity index (χ1) is 10.5. The molecule has 0 radical (unpaired) electrons. The van der Waals surface area contributed by atoms with Crippen LogP contribution < -0.4 is 10.6 Å². The molecule has 0 saturated carbocycles. The number of aliphatic hydroxyl groups is 1. The van der Waals surface area contributed by atoms with Gasteiger partial charge in [-0.1, -0.05) is 18.2 Å². The van der Waals surface area contributed by atoms with Crippen molar-refractivity contribution in [2.75, 3.05) is 10.6 Å². The van der Waals surface area contributed by atoms with Gasteiger partial charge in [-0.15, -0.1) is 0 Å². The summed E-state index contributed by atoms with van der Waals surface area (Å²) in [5.41, 5.74) is 0.853. The smallest absolute Gasteiger partial charge is 0.246 e. The molecule has 2 rings (SSSR count). The van der Waals surface area contributed by atoms with Crippen LogP contribution in [0.25, 0.3) is 0 Å². The van der Waals surface area contributed by atoms with E-state index in [1.165, 1.54) is 6.07 Å². The number of hydrogen-bond acceptors (Lipinski definition) is 3. The number of benzene rings is 2. The van der Waals surface area contributed by atoms with Crippen LogP contribution in [0, 0.1) is 11.6 Å². The third kappa shape index (κ3) is 3.79. The van der Waals surface area contributed by atoms with E-state index < -0.39 is 29.3 Å². The van der Waals surface area contributed by atoms with Crippen LogP contribution in [-0.4, -0.2) is 17.1 Å². The third-order valence-electron chi connectivity index (χ3n) is 3.10. The summed E-state index contributed by atoms with van der Waals surface area (Å²) in [5.74, 6) is -2.23. The lowest BCUT2D eigenvalue weighted by atomic mass is 10.2. The average Bonchev–Trinajstić information content (AvgIpc) is 2.51. The van der Waals surface area contributed by atoms with Crippen molar-refractivity contribution in [2.45, 2.75) is 19.6 Å². The molecule has 0 aliphatic rings. The van der Waals surface area contributed by atoms with E-state index in [2.05, 4.69) is 10.6 Å². The van der Waals surface area contributed by atoms with Crippen molar-refractivity contribution >= 4 is 17.3 Å². The van der Waals surface area contributed by atoms with Crippen molar-refractivity contribution in [2.24, 2.45) is 0 Å². The van der Waals surface area contributed by atoms with Gasteiger partial charge >= 0.3 is 0 Å². The summed E-state index contributed by atoms with van der Waals surface area (Å²) in [6, 6.07) is 9.54. The molecule has 3 N–H and O–H groups in total. The molecule has 1 atom stereocenters. The summed E-state index contributed by atoms with van der Waals surface area (Å²) in [4.78, 5) is 12.0. The number of nitrogens with one attached hydrogen (secondary N) is 2. The van der Waals surface area contributed by atoms with Gasteiger partial charge in [-0.3, -0.25) is 4.79 Å². The number of carbonyl (C=O) groups is 1. The summed E-state index contributed by atoms with van der Waals surface area (Å²) < 4.78 is 27.0. The topological polar surface area (TPSA) is 61.4 Å². The van der Waals surface area contributed by atoms with Gasteiger partial charge < -0.3 is 15.7 Å². The molecule has 0 aromatic heterocycles. The fraction of sp³-hybridized carbons (Fsp3) is 0.188. The zero-order valence-corrected chi connectivity index (χ0v) is 11.9. The molecule has 0 fully saturated rings. The second-order valence-electron chi connectivity index (χ2n) is 4.81. The van der Waals surface area contributed by atoms with Crippen molar-refractivity contribution in [3.8, 4) is 0 Å². The second-order valence-corrected chi connectivity index (χ2v) is 4.81. The number of halogens is 2. The van der Waals surface area contributed by atoms with E-state index in [9.17, 15) is 13.6 Å². The van der Waals surface area contributed by atoms with Gasteiger partial charge in [0.05, 0.1) is 6.61 Å². The van der Waals surface area contributed by atoms with Gasteiger partial charge in [0.25, 0.3) is 0 Å². The highest BCUT2D eigenvalue weighted by Gasteiger charge is 2.17. The quantitative estimate of drug-likeness (QED) is 0.796. The Morgan fingerprint density at radius 2 is 1.82 bits per heavy atom. The summed E-state index contributed by atoms with van der Waals surface area (Å²) in [5, 5.41) is 14.2. The lowest BCUT2D eigenvalue weighted by Gasteiger charge is -2.16. The molecule has 22 heavy (non-hydrogen) atoms. The Balaban J connectivity index is 2.06. The number of rotatable bonds is 5. The molecular formula is C16H16F2N2O2. The summed E-state index contributed by atoms with van der Waals surface area (Å²) in [7, 11) is 0. The Morgan fingerprint density at radius 3 is 2.45 bits per heavy atom. The van der Waals surface area contributed by atoms with E-state index in [-0.39, 0.29) is 6.61 Å². The number of amides is 1. The Hall–Kier alpha value is -2.47. The van der Waals surface area contributed by atoms with Crippen LogP contribution in [0.15, 0.2) is 42.5 Å². The maximum Gasteiger partial charge on any atom is 0.246 e. The van der Waals surface area contributed by atoms with E-state index in [1.807, 2.05) is 0 Å². The van der Waals surface area contributed by atoms with Crippen LogP contribution in [0.4, 0.5) is 20.2 Å². The third-order valence-corrected chi connectivity index (χ3v) is 3.10. The molecule has 0 aliphatic heterocycles. The Morgan fingerprint density at radius 1 is 1.18 bits per heavy atom. The van der Waals surface area contributed by atoms with Gasteiger partial charge in [0.2, 0.25) is 5.91 Å². The molecule has 2 aromatic carbocycles. The normalized spacial score (nSPS) is 11.8. The maximum absolute atomic E-state index is 13.5. The fourth-order valence-corrected chi connectivity index (χ4v) is 1.92. The van der Waals surface area contributed by atoms with Crippen LogP contribution in [0.5, 0.6) is 0 Å². The predicted octanol–water partition coefficient (Wildman–Crippen LogP) is 2.90. The molecular weight excluding hydrogens is 290 g/mol. The highest BCUT2D eigenvalue weighted by Crippen LogP contribution is 2.19. The highest BCUT2D eigenvalue weighted by atomic mass is 19.1. The molecule has 0 saturated heterocycles. The molecule has 2 aromatic rings. The van der Waals surface area contributed by atoms with Gasteiger partial charge in [0.1, 0.15) is 23.4 Å². The minimum absolute atomic E-state index is 0.115. The van der Waals surface area contributed by atoms with Crippen molar-refractivity contribution < 1.29 is 18.7 Å². The van der Waals surface area contributed by atoms with Crippen molar-refractivity contribution in [3.05, 3.63) is 59.7 Å². The van der Waals surface area contributed by atoms with Gasteiger partial charge in [0, 0.05) is 5.69 Å². The molecule has 1 unspecified atom stereocenters. The second kappa shape index (κ2) is 7.00. The van der Waals surface area contributed by atoms with Crippen LogP contribution in [0.3, 0.4) is 0 Å². The van der Waals surface area contributed by atoms with Gasteiger partial charge in [0.15, 0.2) is 0 Å². The standard InChI is InChI=1S/C16H16F2N2O2/c1-10(19-12-5-2-4-11(8-12)9-21)16(22)20-15-13(17)6-3-7-14(15)18/h2-8,10,19,21H,9H2,1H3,(H,20,22). The molecule has 0 spiro atoms. The summed E-state index contributed by atoms with van der Waals surface area (Å²) >= 11 is 0. The number of aliphatic hydroxyl groups excluding tert-OH is 1. The van der Waals surface area contributed by atoms with Crippen molar-refractivity contribution in [1.82, 2.24) is 0 Å². The Kier molecular flexibility index (Phi) is 5.06. The zero-order valence-electron chi connectivity index (χ0n) is 11.9. The Labute approximate surface area is 126 Å². The number of para-hydroxylation sites is 1. The van der Waals surface area contributed by atoms with E-state index in [0.29, 0.717) is 11.3 Å². The van der Waals surface area contributed by atoms with Gasteiger partial charge in [-0.2, -0.15) is 0 Å². The first-order valence-electron chi connectivity index (χ1n) is 6.72. The number of anilines is 2. The minimum atomic E-state index is -0.831. The minimum Gasteiger partial charge on any atom is -0.392 e. The average molecular weight is 306 g/mol. The molecule has 6 heteroatoms. The van der Waals surface area contributed by atoms with Crippen LogP contribution >= 0.6 is 0 Å². The molecule has 116 valence electrons.